The van der Waals surface area contributed by atoms with Gasteiger partial charge in [-0.25, -0.2) is 0 Å². The molecule has 0 saturated carbocycles. The number of benzene rings is 1. The van der Waals surface area contributed by atoms with Crippen molar-refractivity contribution in [3.63, 3.8) is 0 Å². The number of hydrogen-bond acceptors (Lipinski definition) is 3. The summed E-state index contributed by atoms with van der Waals surface area (Å²) in [4.78, 5) is 11.8. The number of carbonyl (C=O) groups is 1. The van der Waals surface area contributed by atoms with Gasteiger partial charge >= 0.3 is 0 Å². The van der Waals surface area contributed by atoms with Gasteiger partial charge in [-0.15, -0.1) is 12.4 Å². The highest BCUT2D eigenvalue weighted by Gasteiger charge is 2.16. The van der Waals surface area contributed by atoms with Crippen molar-refractivity contribution in [1.29, 1.82) is 0 Å². The Kier molecular flexibility index (Phi) is 6.54. The number of nitrogens with one attached hydrogen (secondary N) is 2. The van der Waals surface area contributed by atoms with Crippen LogP contribution in [-0.2, 0) is 4.79 Å². The number of aryl methyl sites for hydroxylation is 1. The fourth-order valence-corrected chi connectivity index (χ4v) is 2.86. The standard InChI is InChI=1S/C13H18N2OS.ClH/c1-10-3-2-4-11(7-10)15-13(16)8-12-9-17-6-5-14-12;/h2-4,7,12,14H,5-6,8-9H2,1H3,(H,15,16);1H. The molecule has 1 heterocycles. The van der Waals surface area contributed by atoms with Crippen LogP contribution in [0.4, 0.5) is 5.69 Å². The molecule has 0 radical (unpaired) electrons. The van der Waals surface area contributed by atoms with Crippen LogP contribution in [0.3, 0.4) is 0 Å². The van der Waals surface area contributed by atoms with Crippen molar-refractivity contribution in [2.24, 2.45) is 0 Å². The molecule has 2 N–H and O–H groups in total. The van der Waals surface area contributed by atoms with Gasteiger partial charge in [0.25, 0.3) is 0 Å². The van der Waals surface area contributed by atoms with E-state index in [2.05, 4.69) is 10.6 Å². The van der Waals surface area contributed by atoms with Gasteiger partial charge in [-0.1, -0.05) is 12.1 Å². The molecule has 1 unspecified atom stereocenters. The molecule has 0 aliphatic carbocycles. The molecule has 1 aliphatic heterocycles. The van der Waals surface area contributed by atoms with Gasteiger partial charge in [0.1, 0.15) is 0 Å². The summed E-state index contributed by atoms with van der Waals surface area (Å²) in [6.07, 6.45) is 0.556. The molecule has 1 atom stereocenters. The van der Waals surface area contributed by atoms with E-state index >= 15 is 0 Å². The summed E-state index contributed by atoms with van der Waals surface area (Å²) in [7, 11) is 0. The molecular formula is C13H19ClN2OS. The molecule has 1 aliphatic rings. The first-order chi connectivity index (χ1) is 8.24. The lowest BCUT2D eigenvalue weighted by molar-refractivity contribution is -0.116. The predicted molar refractivity (Wildman–Crippen MR) is 80.8 cm³/mol. The maximum Gasteiger partial charge on any atom is 0.225 e. The first-order valence-electron chi connectivity index (χ1n) is 5.92. The number of amides is 1. The summed E-state index contributed by atoms with van der Waals surface area (Å²) in [6, 6.07) is 8.21. The topological polar surface area (TPSA) is 41.1 Å². The minimum atomic E-state index is 0. The SMILES string of the molecule is Cc1cccc(NC(=O)CC2CSCCN2)c1.Cl. The van der Waals surface area contributed by atoms with Crippen LogP contribution in [0.2, 0.25) is 0 Å². The van der Waals surface area contributed by atoms with E-state index in [-0.39, 0.29) is 18.3 Å². The van der Waals surface area contributed by atoms with Crippen LogP contribution in [0.15, 0.2) is 24.3 Å². The molecule has 1 aromatic carbocycles. The van der Waals surface area contributed by atoms with Crippen molar-refractivity contribution in [2.45, 2.75) is 19.4 Å². The lowest BCUT2D eigenvalue weighted by Gasteiger charge is -2.22. The van der Waals surface area contributed by atoms with Crippen LogP contribution in [0.5, 0.6) is 0 Å². The third kappa shape index (κ3) is 4.88. The number of carbonyl (C=O) groups excluding carboxylic acids is 1. The van der Waals surface area contributed by atoms with Gasteiger partial charge in [0.05, 0.1) is 0 Å². The molecule has 1 amide bonds. The van der Waals surface area contributed by atoms with Gasteiger partial charge in [-0.05, 0) is 24.6 Å². The molecular weight excluding hydrogens is 268 g/mol. The summed E-state index contributed by atoms with van der Waals surface area (Å²) in [5.41, 5.74) is 2.05. The molecule has 5 heteroatoms. The average Bonchev–Trinajstić information content (AvgIpc) is 2.30. The second-order valence-electron chi connectivity index (χ2n) is 4.35. The van der Waals surface area contributed by atoms with Crippen LogP contribution in [0.1, 0.15) is 12.0 Å². The highest BCUT2D eigenvalue weighted by atomic mass is 35.5. The molecule has 100 valence electrons. The predicted octanol–water partition coefficient (Wildman–Crippen LogP) is 2.45. The summed E-state index contributed by atoms with van der Waals surface area (Å²) in [5, 5.41) is 6.31. The van der Waals surface area contributed by atoms with Gasteiger partial charge in [0.15, 0.2) is 0 Å². The monoisotopic (exact) mass is 286 g/mol. The first-order valence-corrected chi connectivity index (χ1v) is 7.07. The molecule has 1 fully saturated rings. The normalized spacial score (nSPS) is 18.8. The van der Waals surface area contributed by atoms with E-state index in [0.29, 0.717) is 12.5 Å². The largest absolute Gasteiger partial charge is 0.326 e. The van der Waals surface area contributed by atoms with E-state index in [1.807, 2.05) is 43.0 Å². The third-order valence-electron chi connectivity index (χ3n) is 2.73. The van der Waals surface area contributed by atoms with Crippen molar-refractivity contribution >= 4 is 35.8 Å². The van der Waals surface area contributed by atoms with Gasteiger partial charge < -0.3 is 10.6 Å². The van der Waals surface area contributed by atoms with Crippen molar-refractivity contribution < 1.29 is 4.79 Å². The van der Waals surface area contributed by atoms with Crippen LogP contribution in [-0.4, -0.2) is 30.0 Å². The van der Waals surface area contributed by atoms with E-state index < -0.39 is 0 Å². The van der Waals surface area contributed by atoms with Crippen molar-refractivity contribution in [1.82, 2.24) is 5.32 Å². The minimum absolute atomic E-state index is 0. The number of thioether (sulfide) groups is 1. The van der Waals surface area contributed by atoms with Crippen molar-refractivity contribution in [2.75, 3.05) is 23.4 Å². The second kappa shape index (κ2) is 7.67. The van der Waals surface area contributed by atoms with Gasteiger partial charge in [0.2, 0.25) is 5.91 Å². The smallest absolute Gasteiger partial charge is 0.225 e. The quantitative estimate of drug-likeness (QED) is 0.897. The van der Waals surface area contributed by atoms with Crippen molar-refractivity contribution in [3.8, 4) is 0 Å². The van der Waals surface area contributed by atoms with E-state index in [1.54, 1.807) is 0 Å². The molecule has 3 nitrogen and oxygen atoms in total. The van der Waals surface area contributed by atoms with Crippen LogP contribution >= 0.6 is 24.2 Å². The van der Waals surface area contributed by atoms with E-state index in [1.165, 1.54) is 0 Å². The lowest BCUT2D eigenvalue weighted by Crippen LogP contribution is -2.39. The maximum atomic E-state index is 11.8. The summed E-state index contributed by atoms with van der Waals surface area (Å²) < 4.78 is 0. The highest BCUT2D eigenvalue weighted by molar-refractivity contribution is 7.99. The summed E-state index contributed by atoms with van der Waals surface area (Å²) in [6.45, 7) is 3.03. The minimum Gasteiger partial charge on any atom is -0.326 e. The summed E-state index contributed by atoms with van der Waals surface area (Å²) >= 11 is 1.91. The van der Waals surface area contributed by atoms with Crippen LogP contribution < -0.4 is 10.6 Å². The van der Waals surface area contributed by atoms with Gasteiger partial charge in [-0.3, -0.25) is 4.79 Å². The zero-order chi connectivity index (χ0) is 12.1. The van der Waals surface area contributed by atoms with Gasteiger partial charge in [-0.2, -0.15) is 11.8 Å². The molecule has 0 spiro atoms. The molecule has 2 rings (SSSR count). The first kappa shape index (κ1) is 15.3. The number of hydrogen-bond donors (Lipinski definition) is 2. The maximum absolute atomic E-state index is 11.8. The number of halogens is 1. The number of rotatable bonds is 3. The zero-order valence-electron chi connectivity index (χ0n) is 10.4. The lowest BCUT2D eigenvalue weighted by atomic mass is 10.2. The molecule has 1 aromatic rings. The average molecular weight is 287 g/mol. The molecule has 0 bridgehead atoms. The Balaban J connectivity index is 0.00000162. The molecule has 18 heavy (non-hydrogen) atoms. The fourth-order valence-electron chi connectivity index (χ4n) is 1.91. The Bertz CT molecular complexity index is 394. The summed E-state index contributed by atoms with van der Waals surface area (Å²) in [5.74, 6) is 2.27. The number of anilines is 1. The highest BCUT2D eigenvalue weighted by Crippen LogP contribution is 2.13. The Labute approximate surface area is 119 Å². The van der Waals surface area contributed by atoms with E-state index in [4.69, 9.17) is 0 Å². The third-order valence-corrected chi connectivity index (χ3v) is 3.86. The van der Waals surface area contributed by atoms with Crippen LogP contribution in [0, 0.1) is 6.92 Å². The molecule has 0 aromatic heterocycles. The fraction of sp³-hybridized carbons (Fsp3) is 0.462. The Morgan fingerprint density at radius 1 is 1.56 bits per heavy atom. The zero-order valence-corrected chi connectivity index (χ0v) is 12.1. The van der Waals surface area contributed by atoms with E-state index in [0.717, 1.165) is 29.3 Å². The molecule has 1 saturated heterocycles. The Morgan fingerprint density at radius 2 is 2.39 bits per heavy atom. The van der Waals surface area contributed by atoms with E-state index in [9.17, 15) is 4.79 Å². The second-order valence-corrected chi connectivity index (χ2v) is 5.50. The Morgan fingerprint density at radius 3 is 3.06 bits per heavy atom. The van der Waals surface area contributed by atoms with Crippen LogP contribution in [0.25, 0.3) is 0 Å². The Hall–Kier alpha value is -0.710. The van der Waals surface area contributed by atoms with Crippen molar-refractivity contribution in [3.05, 3.63) is 29.8 Å². The van der Waals surface area contributed by atoms with Gasteiger partial charge in [0, 0.05) is 36.2 Å².